The highest BCUT2D eigenvalue weighted by Gasteiger charge is 2.32. The number of ether oxygens (including phenoxy) is 4. The molecule has 3 N–H and O–H groups in total. The Morgan fingerprint density at radius 1 is 1.00 bits per heavy atom. The van der Waals surface area contributed by atoms with Crippen LogP contribution in [0, 0.1) is 5.82 Å². The summed E-state index contributed by atoms with van der Waals surface area (Å²) in [5.41, 5.74) is 5.49. The van der Waals surface area contributed by atoms with E-state index in [9.17, 15) is 22.8 Å². The highest BCUT2D eigenvalue weighted by Crippen LogP contribution is 2.42. The molecule has 9 nitrogen and oxygen atoms in total. The summed E-state index contributed by atoms with van der Waals surface area (Å²) in [6.45, 7) is 0.353. The number of hydrogen-bond donors (Lipinski definition) is 5. The SMILES string of the molecule is NC(=O)c1cc(NC(=O)c2c(F)cc(C3=COCC3)cc2Oc2ccc(OC(F)(F)F)cc2OC(S)(S)S)ccn1. The largest absolute Gasteiger partial charge is 0.573 e. The molecule has 0 aliphatic carbocycles. The summed E-state index contributed by atoms with van der Waals surface area (Å²) in [6, 6.07) is 7.77. The Bertz CT molecular complexity index is 1530. The van der Waals surface area contributed by atoms with E-state index in [0.717, 1.165) is 24.3 Å². The van der Waals surface area contributed by atoms with Gasteiger partial charge in [-0.2, -0.15) is 0 Å². The minimum atomic E-state index is -5.01. The second-order valence-corrected chi connectivity index (χ2v) is 11.2. The van der Waals surface area contributed by atoms with Gasteiger partial charge >= 0.3 is 6.36 Å². The van der Waals surface area contributed by atoms with Crippen LogP contribution >= 0.6 is 37.9 Å². The molecule has 16 heteroatoms. The normalized spacial score (nSPS) is 13.2. The summed E-state index contributed by atoms with van der Waals surface area (Å²) in [5.74, 6) is -4.50. The van der Waals surface area contributed by atoms with Gasteiger partial charge in [0.25, 0.3) is 11.8 Å². The number of carbonyl (C=O) groups is 2. The second-order valence-electron chi connectivity index (χ2n) is 8.28. The zero-order valence-electron chi connectivity index (χ0n) is 20.4. The number of anilines is 1. The minimum absolute atomic E-state index is 0.0720. The van der Waals surface area contributed by atoms with Crippen molar-refractivity contribution in [2.75, 3.05) is 11.9 Å². The Labute approximate surface area is 246 Å². The number of halogens is 4. The second kappa shape index (κ2) is 12.0. The summed E-state index contributed by atoms with van der Waals surface area (Å²) < 4.78 is 72.6. The number of nitrogens with one attached hydrogen (secondary N) is 1. The molecule has 0 unspecified atom stereocenters. The monoisotopic (exact) mass is 629 g/mol. The van der Waals surface area contributed by atoms with Crippen LogP contribution in [0.2, 0.25) is 0 Å². The number of benzene rings is 2. The molecule has 0 saturated carbocycles. The number of thiol groups is 3. The van der Waals surface area contributed by atoms with Gasteiger partial charge in [-0.3, -0.25) is 14.6 Å². The fourth-order valence-corrected chi connectivity index (χ4v) is 3.91. The van der Waals surface area contributed by atoms with E-state index in [4.69, 9.17) is 19.9 Å². The molecule has 1 aliphatic rings. The zero-order chi connectivity index (χ0) is 29.9. The van der Waals surface area contributed by atoms with Crippen molar-refractivity contribution >= 4 is 61.0 Å². The number of amides is 2. The summed E-state index contributed by atoms with van der Waals surface area (Å²) in [5, 5.41) is 2.44. The molecule has 0 spiro atoms. The lowest BCUT2D eigenvalue weighted by atomic mass is 10.0. The maximum atomic E-state index is 15.5. The zero-order valence-corrected chi connectivity index (χ0v) is 23.1. The van der Waals surface area contributed by atoms with E-state index >= 15 is 4.39 Å². The van der Waals surface area contributed by atoms with Gasteiger partial charge in [0, 0.05) is 24.4 Å². The summed E-state index contributed by atoms with van der Waals surface area (Å²) in [4.78, 5) is 28.5. The van der Waals surface area contributed by atoms with E-state index in [1.807, 2.05) is 0 Å². The fourth-order valence-electron chi connectivity index (χ4n) is 3.62. The number of pyridine rings is 1. The van der Waals surface area contributed by atoms with Crippen LogP contribution in [0.5, 0.6) is 23.0 Å². The lowest BCUT2D eigenvalue weighted by Gasteiger charge is -2.22. The first-order chi connectivity index (χ1) is 19.2. The fraction of sp³-hybridized carbons (Fsp3) is 0.160. The van der Waals surface area contributed by atoms with Crippen LogP contribution in [-0.2, 0) is 4.74 Å². The third kappa shape index (κ3) is 8.14. The molecule has 2 amide bonds. The predicted octanol–water partition coefficient (Wildman–Crippen LogP) is 5.80. The van der Waals surface area contributed by atoms with E-state index < -0.39 is 38.9 Å². The van der Waals surface area contributed by atoms with Gasteiger partial charge in [-0.15, -0.1) is 51.1 Å². The quantitative estimate of drug-likeness (QED) is 0.115. The van der Waals surface area contributed by atoms with Gasteiger partial charge in [-0.25, -0.2) is 4.39 Å². The average Bonchev–Trinajstić information content (AvgIpc) is 3.39. The van der Waals surface area contributed by atoms with Gasteiger partial charge in [0.2, 0.25) is 3.60 Å². The molecular weight excluding hydrogens is 610 g/mol. The van der Waals surface area contributed by atoms with Crippen molar-refractivity contribution in [2.24, 2.45) is 5.73 Å². The Hall–Kier alpha value is -3.76. The third-order valence-electron chi connectivity index (χ3n) is 5.25. The van der Waals surface area contributed by atoms with Crippen molar-refractivity contribution in [2.45, 2.75) is 16.4 Å². The smallest absolute Gasteiger partial charge is 0.501 e. The van der Waals surface area contributed by atoms with Gasteiger partial charge in [0.15, 0.2) is 11.5 Å². The number of rotatable bonds is 9. The maximum Gasteiger partial charge on any atom is 0.573 e. The highest BCUT2D eigenvalue weighted by atomic mass is 32.2. The molecule has 3 aromatic rings. The Kier molecular flexibility index (Phi) is 8.84. The topological polar surface area (TPSA) is 122 Å². The number of nitrogens with two attached hydrogens (primary N) is 1. The number of alkyl halides is 3. The minimum Gasteiger partial charge on any atom is -0.501 e. The molecule has 2 aromatic carbocycles. The van der Waals surface area contributed by atoms with E-state index in [1.165, 1.54) is 30.7 Å². The van der Waals surface area contributed by atoms with Crippen LogP contribution in [0.4, 0.5) is 23.2 Å². The maximum absolute atomic E-state index is 15.5. The van der Waals surface area contributed by atoms with Gasteiger partial charge in [-0.1, -0.05) is 0 Å². The number of carbonyl (C=O) groups excluding carboxylic acids is 2. The van der Waals surface area contributed by atoms with Gasteiger partial charge < -0.3 is 30.0 Å². The van der Waals surface area contributed by atoms with Crippen molar-refractivity contribution in [3.63, 3.8) is 0 Å². The Morgan fingerprint density at radius 3 is 2.39 bits per heavy atom. The van der Waals surface area contributed by atoms with Gasteiger partial charge in [0.05, 0.1) is 12.9 Å². The molecule has 4 rings (SSSR count). The van der Waals surface area contributed by atoms with E-state index in [2.05, 4.69) is 52.9 Å². The molecular formula is C25H19F4N3O6S3. The van der Waals surface area contributed by atoms with Crippen LogP contribution in [0.1, 0.15) is 32.8 Å². The van der Waals surface area contributed by atoms with Crippen LogP contribution in [0.3, 0.4) is 0 Å². The molecule has 41 heavy (non-hydrogen) atoms. The summed E-state index contributed by atoms with van der Waals surface area (Å²) in [6.07, 6.45) is -1.93. The summed E-state index contributed by atoms with van der Waals surface area (Å²) in [7, 11) is 0. The molecule has 1 aromatic heterocycles. The van der Waals surface area contributed by atoms with Crippen molar-refractivity contribution in [3.05, 3.63) is 77.6 Å². The van der Waals surface area contributed by atoms with Crippen LogP contribution in [-0.4, -0.2) is 33.4 Å². The molecule has 2 heterocycles. The molecule has 0 radical (unpaired) electrons. The first-order valence-corrected chi connectivity index (χ1v) is 12.7. The molecule has 0 bridgehead atoms. The first-order valence-electron chi connectivity index (χ1n) is 11.3. The van der Waals surface area contributed by atoms with Crippen LogP contribution in [0.15, 0.2) is 54.9 Å². The summed E-state index contributed by atoms with van der Waals surface area (Å²) >= 11 is 12.0. The predicted molar refractivity (Wildman–Crippen MR) is 149 cm³/mol. The number of aromatic nitrogens is 1. The number of primary amides is 1. The number of nitrogens with zero attached hydrogens (tertiary/aromatic N) is 1. The molecule has 0 atom stereocenters. The van der Waals surface area contributed by atoms with E-state index in [-0.39, 0.29) is 28.6 Å². The van der Waals surface area contributed by atoms with Crippen molar-refractivity contribution < 1.29 is 46.1 Å². The third-order valence-corrected chi connectivity index (χ3v) is 5.53. The van der Waals surface area contributed by atoms with Crippen LogP contribution in [0.25, 0.3) is 5.57 Å². The van der Waals surface area contributed by atoms with Gasteiger partial charge in [-0.05, 0) is 47.5 Å². The molecule has 216 valence electrons. The van der Waals surface area contributed by atoms with E-state index in [1.54, 1.807) is 0 Å². The highest BCUT2D eigenvalue weighted by molar-refractivity contribution is 8.16. The lowest BCUT2D eigenvalue weighted by molar-refractivity contribution is -0.274. The average molecular weight is 630 g/mol. The standard InChI is InChI=1S/C25H19F4N3O6S3/c26-16-7-13(12-4-6-35-11-12)8-20(21(16)23(34)32-14-3-5-31-17(9-14)22(30)33)36-18-2-1-15(37-24(27,28)29)10-19(18)38-25(39,40)41/h1-3,5,7-11,39-41H,4,6H2,(H2,30,33)(H,31,32,34). The molecule has 0 saturated heterocycles. The van der Waals surface area contributed by atoms with Crippen molar-refractivity contribution in [1.82, 2.24) is 4.98 Å². The van der Waals surface area contributed by atoms with E-state index in [0.29, 0.717) is 24.2 Å². The van der Waals surface area contributed by atoms with Gasteiger partial charge in [0.1, 0.15) is 28.6 Å². The molecule has 1 aliphatic heterocycles. The van der Waals surface area contributed by atoms with Crippen molar-refractivity contribution in [1.29, 1.82) is 0 Å². The van der Waals surface area contributed by atoms with Crippen LogP contribution < -0.4 is 25.3 Å². The van der Waals surface area contributed by atoms with Crippen molar-refractivity contribution in [3.8, 4) is 23.0 Å². The lowest BCUT2D eigenvalue weighted by Crippen LogP contribution is -2.18. The Balaban J connectivity index is 1.78. The number of hydrogen-bond acceptors (Lipinski definition) is 10. The first kappa shape index (κ1) is 30.2. The molecule has 0 fully saturated rings. The Morgan fingerprint density at radius 2 is 1.76 bits per heavy atom.